The van der Waals surface area contributed by atoms with Crippen molar-refractivity contribution in [2.24, 2.45) is 0 Å². The van der Waals surface area contributed by atoms with E-state index in [1.54, 1.807) is 28.1 Å². The molecule has 1 atom stereocenters. The molecule has 0 spiro atoms. The van der Waals surface area contributed by atoms with Gasteiger partial charge in [0.05, 0.1) is 16.3 Å². The molecule has 0 saturated heterocycles. The molecule has 3 nitrogen and oxygen atoms in total. The SMILES string of the molecule is Cc1ccc(-n2c(S[C@@H](C)c3ccccc3)nc3c(c2=O)SCC3)cc1. The van der Waals surface area contributed by atoms with Gasteiger partial charge in [0.25, 0.3) is 5.56 Å². The lowest BCUT2D eigenvalue weighted by atomic mass is 10.2. The highest BCUT2D eigenvalue weighted by atomic mass is 32.2. The molecule has 0 amide bonds. The van der Waals surface area contributed by atoms with Crippen LogP contribution in [-0.2, 0) is 6.42 Å². The van der Waals surface area contributed by atoms with Crippen LogP contribution in [-0.4, -0.2) is 15.3 Å². The second-order valence-electron chi connectivity index (χ2n) is 6.42. The first-order valence-corrected chi connectivity index (χ1v) is 10.6. The zero-order valence-corrected chi connectivity index (χ0v) is 16.4. The van der Waals surface area contributed by atoms with Crippen molar-refractivity contribution in [3.63, 3.8) is 0 Å². The van der Waals surface area contributed by atoms with Gasteiger partial charge in [0.2, 0.25) is 0 Å². The minimum absolute atomic E-state index is 0.0594. The second kappa shape index (κ2) is 7.33. The normalized spacial score (nSPS) is 14.2. The molecular formula is C21H20N2OS2. The summed E-state index contributed by atoms with van der Waals surface area (Å²) >= 11 is 3.27. The summed E-state index contributed by atoms with van der Waals surface area (Å²) in [5.74, 6) is 0.938. The molecular weight excluding hydrogens is 360 g/mol. The van der Waals surface area contributed by atoms with E-state index in [-0.39, 0.29) is 10.8 Å². The fraction of sp³-hybridized carbons (Fsp3) is 0.238. The molecule has 4 rings (SSSR count). The summed E-state index contributed by atoms with van der Waals surface area (Å²) in [5.41, 5.74) is 4.30. The third kappa shape index (κ3) is 3.33. The molecule has 5 heteroatoms. The minimum atomic E-state index is 0.0594. The number of hydrogen-bond donors (Lipinski definition) is 0. The van der Waals surface area contributed by atoms with Crippen LogP contribution >= 0.6 is 23.5 Å². The standard InChI is InChI=1S/C21H20N2OS2/c1-14-8-10-17(11-9-14)23-20(24)19-18(12-13-25-19)22-21(23)26-15(2)16-6-4-3-5-7-16/h3-11,15H,12-13H2,1-2H3/t15-/m0/s1. The minimum Gasteiger partial charge on any atom is -0.268 e. The number of aryl methyl sites for hydroxylation is 2. The van der Waals surface area contributed by atoms with Gasteiger partial charge in [-0.25, -0.2) is 4.98 Å². The van der Waals surface area contributed by atoms with Crippen molar-refractivity contribution < 1.29 is 0 Å². The molecule has 1 aromatic heterocycles. The van der Waals surface area contributed by atoms with Crippen LogP contribution < -0.4 is 5.56 Å². The lowest BCUT2D eigenvalue weighted by Crippen LogP contribution is -2.24. The molecule has 132 valence electrons. The van der Waals surface area contributed by atoms with Gasteiger partial charge in [-0.3, -0.25) is 9.36 Å². The fourth-order valence-electron chi connectivity index (χ4n) is 3.04. The van der Waals surface area contributed by atoms with E-state index < -0.39 is 0 Å². The van der Waals surface area contributed by atoms with E-state index in [0.717, 1.165) is 33.6 Å². The summed E-state index contributed by atoms with van der Waals surface area (Å²) in [5, 5.41) is 0.989. The lowest BCUT2D eigenvalue weighted by Gasteiger charge is -2.17. The van der Waals surface area contributed by atoms with Crippen LogP contribution in [0.1, 0.15) is 29.0 Å². The van der Waals surface area contributed by atoms with Gasteiger partial charge in [0.1, 0.15) is 0 Å². The molecule has 0 aliphatic carbocycles. The monoisotopic (exact) mass is 380 g/mol. The zero-order valence-electron chi connectivity index (χ0n) is 14.8. The summed E-state index contributed by atoms with van der Waals surface area (Å²) in [6, 6.07) is 18.4. The number of hydrogen-bond acceptors (Lipinski definition) is 4. The van der Waals surface area contributed by atoms with Gasteiger partial charge in [0, 0.05) is 17.4 Å². The Morgan fingerprint density at radius 1 is 1.12 bits per heavy atom. The van der Waals surface area contributed by atoms with Gasteiger partial charge in [-0.1, -0.05) is 59.8 Å². The average molecular weight is 381 g/mol. The Hall–Kier alpha value is -1.98. The maximum atomic E-state index is 13.2. The quantitative estimate of drug-likeness (QED) is 0.469. The molecule has 26 heavy (non-hydrogen) atoms. The molecule has 0 N–H and O–H groups in total. The largest absolute Gasteiger partial charge is 0.272 e. The van der Waals surface area contributed by atoms with Crippen LogP contribution in [0.2, 0.25) is 0 Å². The topological polar surface area (TPSA) is 34.9 Å². The highest BCUT2D eigenvalue weighted by Gasteiger charge is 2.23. The fourth-order valence-corrected chi connectivity index (χ4v) is 5.14. The maximum Gasteiger partial charge on any atom is 0.272 e. The van der Waals surface area contributed by atoms with E-state index in [4.69, 9.17) is 4.98 Å². The van der Waals surface area contributed by atoms with Crippen molar-refractivity contribution >= 4 is 23.5 Å². The Labute approximate surface area is 161 Å². The van der Waals surface area contributed by atoms with Crippen molar-refractivity contribution in [3.8, 4) is 5.69 Å². The summed E-state index contributed by atoms with van der Waals surface area (Å²) in [6.07, 6.45) is 0.872. The molecule has 0 fully saturated rings. The maximum absolute atomic E-state index is 13.2. The van der Waals surface area contributed by atoms with Crippen LogP contribution in [0.5, 0.6) is 0 Å². The molecule has 2 heterocycles. The van der Waals surface area contributed by atoms with Crippen molar-refractivity contribution in [2.75, 3.05) is 5.75 Å². The van der Waals surface area contributed by atoms with Crippen molar-refractivity contribution in [2.45, 2.75) is 35.6 Å². The first-order valence-electron chi connectivity index (χ1n) is 8.71. The van der Waals surface area contributed by atoms with Crippen LogP contribution in [0.3, 0.4) is 0 Å². The number of aromatic nitrogens is 2. The number of benzene rings is 2. The summed E-state index contributed by atoms with van der Waals surface area (Å²) < 4.78 is 1.78. The zero-order chi connectivity index (χ0) is 18.1. The molecule has 0 unspecified atom stereocenters. The van der Waals surface area contributed by atoms with Crippen LogP contribution in [0.15, 0.2) is 69.4 Å². The highest BCUT2D eigenvalue weighted by Crippen LogP contribution is 2.36. The van der Waals surface area contributed by atoms with Gasteiger partial charge in [-0.05, 0) is 31.5 Å². The van der Waals surface area contributed by atoms with E-state index in [2.05, 4.69) is 26.0 Å². The van der Waals surface area contributed by atoms with E-state index in [9.17, 15) is 4.79 Å². The molecule has 2 aromatic carbocycles. The number of fused-ring (bicyclic) bond motifs is 1. The van der Waals surface area contributed by atoms with Crippen molar-refractivity contribution in [3.05, 3.63) is 81.8 Å². The summed E-state index contributed by atoms with van der Waals surface area (Å²) in [7, 11) is 0. The Balaban J connectivity index is 1.81. The predicted molar refractivity (Wildman–Crippen MR) is 110 cm³/mol. The first-order chi connectivity index (χ1) is 12.6. The molecule has 1 aliphatic rings. The van der Waals surface area contributed by atoms with Crippen molar-refractivity contribution in [1.29, 1.82) is 0 Å². The molecule has 3 aromatic rings. The van der Waals surface area contributed by atoms with E-state index in [1.165, 1.54) is 11.1 Å². The number of nitrogens with zero attached hydrogens (tertiary/aromatic N) is 2. The van der Waals surface area contributed by atoms with E-state index >= 15 is 0 Å². The second-order valence-corrected chi connectivity index (χ2v) is 8.83. The Morgan fingerprint density at radius 2 is 1.85 bits per heavy atom. The number of thioether (sulfide) groups is 2. The average Bonchev–Trinajstić information content (AvgIpc) is 3.13. The molecule has 0 radical (unpaired) electrons. The van der Waals surface area contributed by atoms with Crippen LogP contribution in [0.25, 0.3) is 5.69 Å². The van der Waals surface area contributed by atoms with E-state index in [1.807, 2.05) is 42.5 Å². The lowest BCUT2D eigenvalue weighted by molar-refractivity contribution is 0.737. The molecule has 0 bridgehead atoms. The molecule has 0 saturated carbocycles. The Kier molecular flexibility index (Phi) is 4.92. The summed E-state index contributed by atoms with van der Waals surface area (Å²) in [6.45, 7) is 4.21. The molecule has 1 aliphatic heterocycles. The van der Waals surface area contributed by atoms with Crippen molar-refractivity contribution in [1.82, 2.24) is 9.55 Å². The van der Waals surface area contributed by atoms with Crippen LogP contribution in [0.4, 0.5) is 0 Å². The van der Waals surface area contributed by atoms with Gasteiger partial charge >= 0.3 is 0 Å². The first kappa shape index (κ1) is 17.4. The summed E-state index contributed by atoms with van der Waals surface area (Å²) in [4.78, 5) is 18.9. The van der Waals surface area contributed by atoms with Gasteiger partial charge < -0.3 is 0 Å². The Bertz CT molecular complexity index is 981. The highest BCUT2D eigenvalue weighted by molar-refractivity contribution is 7.99. The third-order valence-corrected chi connectivity index (χ3v) is 6.73. The van der Waals surface area contributed by atoms with Gasteiger partial charge in [0.15, 0.2) is 5.16 Å². The number of rotatable bonds is 4. The van der Waals surface area contributed by atoms with Gasteiger partial charge in [-0.15, -0.1) is 11.8 Å². The third-order valence-electron chi connectivity index (χ3n) is 4.51. The smallest absolute Gasteiger partial charge is 0.268 e. The van der Waals surface area contributed by atoms with Crippen LogP contribution in [0, 0.1) is 6.92 Å². The predicted octanol–water partition coefficient (Wildman–Crippen LogP) is 5.04. The Morgan fingerprint density at radius 3 is 2.58 bits per heavy atom. The van der Waals surface area contributed by atoms with Gasteiger partial charge in [-0.2, -0.15) is 0 Å². The van der Waals surface area contributed by atoms with E-state index in [0.29, 0.717) is 0 Å².